The van der Waals surface area contributed by atoms with Gasteiger partial charge in [-0.3, -0.25) is 14.7 Å². The van der Waals surface area contributed by atoms with Crippen LogP contribution in [-0.2, 0) is 6.54 Å². The van der Waals surface area contributed by atoms with Crippen LogP contribution >= 0.6 is 0 Å². The second-order valence-corrected chi connectivity index (χ2v) is 7.13. The van der Waals surface area contributed by atoms with Gasteiger partial charge in [-0.25, -0.2) is 8.78 Å². The molecule has 6 heteroatoms. The summed E-state index contributed by atoms with van der Waals surface area (Å²) >= 11 is 0. The van der Waals surface area contributed by atoms with E-state index in [-0.39, 0.29) is 17.4 Å². The van der Waals surface area contributed by atoms with Crippen molar-refractivity contribution in [1.82, 2.24) is 9.88 Å². The molecule has 0 bridgehead atoms. The average Bonchev–Trinajstić information content (AvgIpc) is 2.68. The predicted molar refractivity (Wildman–Crippen MR) is 106 cm³/mol. The van der Waals surface area contributed by atoms with Gasteiger partial charge in [-0.05, 0) is 48.9 Å². The molecule has 0 saturated carbocycles. The standard InChI is InChI=1S/C22H21F2N3O/c1-15(28)16-4-5-21(20(24)13-16)27-9-7-26(8-10-27)14-18-12-19(23)11-17-3-2-6-25-22(17)18/h2-6,11-13H,7-10,14H2,1H3. The summed E-state index contributed by atoms with van der Waals surface area (Å²) in [5, 5.41) is 0.795. The van der Waals surface area contributed by atoms with Gasteiger partial charge in [0.05, 0.1) is 11.2 Å². The van der Waals surface area contributed by atoms with Gasteiger partial charge < -0.3 is 4.90 Å². The number of anilines is 1. The van der Waals surface area contributed by atoms with Gasteiger partial charge in [-0.1, -0.05) is 6.07 Å². The fraction of sp³-hybridized carbons (Fsp3) is 0.273. The number of nitrogens with zero attached hydrogens (tertiary/aromatic N) is 3. The maximum Gasteiger partial charge on any atom is 0.159 e. The molecule has 1 saturated heterocycles. The van der Waals surface area contributed by atoms with Crippen LogP contribution in [0.25, 0.3) is 10.9 Å². The Morgan fingerprint density at radius 1 is 1.07 bits per heavy atom. The number of pyridine rings is 1. The number of fused-ring (bicyclic) bond motifs is 1. The van der Waals surface area contributed by atoms with Crippen molar-refractivity contribution in [3.8, 4) is 0 Å². The highest BCUT2D eigenvalue weighted by atomic mass is 19.1. The summed E-state index contributed by atoms with van der Waals surface area (Å²) in [6.45, 7) is 4.83. The summed E-state index contributed by atoms with van der Waals surface area (Å²) in [6, 6.07) is 11.3. The minimum absolute atomic E-state index is 0.147. The van der Waals surface area contributed by atoms with Gasteiger partial charge in [0.1, 0.15) is 11.6 Å². The van der Waals surface area contributed by atoms with E-state index in [1.807, 2.05) is 11.0 Å². The van der Waals surface area contributed by atoms with Gasteiger partial charge >= 0.3 is 0 Å². The minimum atomic E-state index is -0.374. The zero-order valence-electron chi connectivity index (χ0n) is 15.7. The molecule has 2 aromatic carbocycles. The SMILES string of the molecule is CC(=O)c1ccc(N2CCN(Cc3cc(F)cc4cccnc34)CC2)c(F)c1. The minimum Gasteiger partial charge on any atom is -0.367 e. The van der Waals surface area contributed by atoms with Gasteiger partial charge in [0.2, 0.25) is 0 Å². The van der Waals surface area contributed by atoms with Crippen LogP contribution in [0.1, 0.15) is 22.8 Å². The molecule has 0 unspecified atom stereocenters. The number of carbonyl (C=O) groups is 1. The van der Waals surface area contributed by atoms with Crippen molar-refractivity contribution in [2.45, 2.75) is 13.5 Å². The van der Waals surface area contributed by atoms with Crippen LogP contribution in [0.4, 0.5) is 14.5 Å². The van der Waals surface area contributed by atoms with Crippen LogP contribution in [0, 0.1) is 11.6 Å². The van der Waals surface area contributed by atoms with E-state index in [2.05, 4.69) is 9.88 Å². The Morgan fingerprint density at radius 2 is 1.86 bits per heavy atom. The fourth-order valence-electron chi connectivity index (χ4n) is 3.72. The van der Waals surface area contributed by atoms with Crippen molar-refractivity contribution >= 4 is 22.4 Å². The molecule has 28 heavy (non-hydrogen) atoms. The van der Waals surface area contributed by atoms with E-state index < -0.39 is 0 Å². The number of piperazine rings is 1. The molecule has 0 aliphatic carbocycles. The highest BCUT2D eigenvalue weighted by molar-refractivity contribution is 5.94. The lowest BCUT2D eigenvalue weighted by Crippen LogP contribution is -2.46. The third-order valence-electron chi connectivity index (χ3n) is 5.21. The first-order chi connectivity index (χ1) is 13.5. The van der Waals surface area contributed by atoms with Crippen molar-refractivity contribution in [2.24, 2.45) is 0 Å². The molecule has 0 amide bonds. The van der Waals surface area contributed by atoms with E-state index in [1.165, 1.54) is 19.1 Å². The molecular formula is C22H21F2N3O. The normalized spacial score (nSPS) is 15.2. The third-order valence-corrected chi connectivity index (χ3v) is 5.21. The first kappa shape index (κ1) is 18.5. The van der Waals surface area contributed by atoms with Crippen LogP contribution in [0.15, 0.2) is 48.7 Å². The Balaban J connectivity index is 1.46. The Kier molecular flexibility index (Phi) is 5.05. The lowest BCUT2D eigenvalue weighted by molar-refractivity contribution is 0.101. The van der Waals surface area contributed by atoms with E-state index in [1.54, 1.807) is 30.5 Å². The van der Waals surface area contributed by atoms with Crippen LogP contribution in [0.2, 0.25) is 0 Å². The van der Waals surface area contributed by atoms with Crippen LogP contribution < -0.4 is 4.90 Å². The molecule has 1 aromatic heterocycles. The first-order valence-electron chi connectivity index (χ1n) is 9.32. The Hall–Kier alpha value is -2.86. The van der Waals surface area contributed by atoms with Crippen molar-refractivity contribution in [3.05, 3.63) is 71.4 Å². The van der Waals surface area contributed by atoms with E-state index >= 15 is 0 Å². The molecule has 0 spiro atoms. The predicted octanol–water partition coefficient (Wildman–Crippen LogP) is 4.04. The van der Waals surface area contributed by atoms with E-state index in [0.717, 1.165) is 29.6 Å². The van der Waals surface area contributed by atoms with E-state index in [0.29, 0.717) is 30.9 Å². The molecule has 0 N–H and O–H groups in total. The van der Waals surface area contributed by atoms with Crippen molar-refractivity contribution in [1.29, 1.82) is 0 Å². The number of benzene rings is 2. The fourth-order valence-corrected chi connectivity index (χ4v) is 3.72. The number of hydrogen-bond donors (Lipinski definition) is 0. The quantitative estimate of drug-likeness (QED) is 0.639. The number of carbonyl (C=O) groups excluding carboxylic acids is 1. The monoisotopic (exact) mass is 381 g/mol. The zero-order chi connectivity index (χ0) is 19.7. The summed E-state index contributed by atoms with van der Waals surface area (Å²) in [5.41, 5.74) is 2.58. The highest BCUT2D eigenvalue weighted by Crippen LogP contribution is 2.24. The number of aromatic nitrogens is 1. The first-order valence-corrected chi connectivity index (χ1v) is 9.32. The summed E-state index contributed by atoms with van der Waals surface area (Å²) in [4.78, 5) is 20.0. The Morgan fingerprint density at radius 3 is 2.57 bits per heavy atom. The smallest absolute Gasteiger partial charge is 0.159 e. The molecule has 1 aliphatic heterocycles. The number of hydrogen-bond acceptors (Lipinski definition) is 4. The summed E-state index contributed by atoms with van der Waals surface area (Å²) in [7, 11) is 0. The molecule has 1 aliphatic rings. The van der Waals surface area contributed by atoms with Crippen LogP contribution in [0.5, 0.6) is 0 Å². The third kappa shape index (κ3) is 3.73. The maximum atomic E-state index is 14.4. The number of rotatable bonds is 4. The molecule has 3 aromatic rings. The number of Topliss-reactive ketones (excluding diaryl/α,β-unsaturated/α-hetero) is 1. The van der Waals surface area contributed by atoms with Gasteiger partial charge in [0.25, 0.3) is 0 Å². The second kappa shape index (κ2) is 7.64. The van der Waals surface area contributed by atoms with Gasteiger partial charge in [0, 0.05) is 49.9 Å². The molecule has 144 valence electrons. The molecule has 4 rings (SSSR count). The number of ketones is 1. The van der Waals surface area contributed by atoms with E-state index in [9.17, 15) is 13.6 Å². The molecule has 0 atom stereocenters. The topological polar surface area (TPSA) is 36.4 Å². The maximum absolute atomic E-state index is 14.4. The Bertz CT molecular complexity index is 1030. The second-order valence-electron chi connectivity index (χ2n) is 7.13. The summed E-state index contributed by atoms with van der Waals surface area (Å²) < 4.78 is 28.3. The summed E-state index contributed by atoms with van der Waals surface area (Å²) in [5.74, 6) is -0.783. The van der Waals surface area contributed by atoms with Crippen LogP contribution in [-0.4, -0.2) is 41.8 Å². The molecule has 0 radical (unpaired) electrons. The summed E-state index contributed by atoms with van der Waals surface area (Å²) in [6.07, 6.45) is 1.72. The largest absolute Gasteiger partial charge is 0.367 e. The lowest BCUT2D eigenvalue weighted by atomic mass is 10.1. The van der Waals surface area contributed by atoms with Crippen molar-refractivity contribution in [3.63, 3.8) is 0 Å². The molecule has 2 heterocycles. The van der Waals surface area contributed by atoms with Crippen molar-refractivity contribution in [2.75, 3.05) is 31.1 Å². The number of halogens is 2. The highest BCUT2D eigenvalue weighted by Gasteiger charge is 2.21. The van der Waals surface area contributed by atoms with E-state index in [4.69, 9.17) is 0 Å². The molecular weight excluding hydrogens is 360 g/mol. The lowest BCUT2D eigenvalue weighted by Gasteiger charge is -2.36. The van der Waals surface area contributed by atoms with Crippen LogP contribution in [0.3, 0.4) is 0 Å². The van der Waals surface area contributed by atoms with Gasteiger partial charge in [-0.2, -0.15) is 0 Å². The zero-order valence-corrected chi connectivity index (χ0v) is 15.7. The Labute approximate surface area is 162 Å². The van der Waals surface area contributed by atoms with Gasteiger partial charge in [0.15, 0.2) is 5.78 Å². The average molecular weight is 381 g/mol. The molecule has 1 fully saturated rings. The molecule has 4 nitrogen and oxygen atoms in total. The van der Waals surface area contributed by atoms with Crippen molar-refractivity contribution < 1.29 is 13.6 Å². The van der Waals surface area contributed by atoms with Gasteiger partial charge in [-0.15, -0.1) is 0 Å².